The zero-order chi connectivity index (χ0) is 24.6. The Balaban J connectivity index is 1.75. The molecule has 0 aliphatic carbocycles. The fourth-order valence-electron chi connectivity index (χ4n) is 3.72. The van der Waals surface area contributed by atoms with Crippen molar-refractivity contribution in [1.82, 2.24) is 15.5 Å². The molecule has 0 aliphatic heterocycles. The van der Waals surface area contributed by atoms with Crippen LogP contribution < -0.4 is 5.32 Å². The molecule has 0 spiro atoms. The third-order valence-corrected chi connectivity index (χ3v) is 7.23. The number of hydrogen-bond acceptors (Lipinski definition) is 7. The van der Waals surface area contributed by atoms with Gasteiger partial charge < -0.3 is 10.1 Å². The molecule has 6 nitrogen and oxygen atoms in total. The number of esters is 1. The lowest BCUT2D eigenvalue weighted by atomic mass is 9.99. The molecule has 2 atom stereocenters. The van der Waals surface area contributed by atoms with Gasteiger partial charge in [0.15, 0.2) is 4.34 Å². The van der Waals surface area contributed by atoms with E-state index in [2.05, 4.69) is 46.7 Å². The molecule has 34 heavy (non-hydrogen) atoms. The lowest BCUT2D eigenvalue weighted by Gasteiger charge is -2.25. The summed E-state index contributed by atoms with van der Waals surface area (Å²) in [6.45, 7) is 7.57. The van der Waals surface area contributed by atoms with Gasteiger partial charge in [0.25, 0.3) is 0 Å². The van der Waals surface area contributed by atoms with E-state index in [1.165, 1.54) is 27.7 Å². The number of unbranched alkanes of at least 4 members (excludes halogenated alkanes) is 1. The van der Waals surface area contributed by atoms with Crippen LogP contribution in [-0.2, 0) is 20.7 Å². The number of thioether (sulfide) groups is 1. The Morgan fingerprint density at radius 2 is 1.91 bits per heavy atom. The number of carbonyl (C=O) groups excluding carboxylic acids is 2. The molecule has 2 aromatic carbocycles. The molecule has 1 unspecified atom stereocenters. The van der Waals surface area contributed by atoms with Gasteiger partial charge in [0.05, 0.1) is 0 Å². The van der Waals surface area contributed by atoms with Gasteiger partial charge in [-0.3, -0.25) is 4.79 Å². The normalized spacial score (nSPS) is 13.4. The molecule has 1 aromatic heterocycles. The van der Waals surface area contributed by atoms with E-state index in [1.54, 1.807) is 17.3 Å². The molecule has 0 bridgehead atoms. The highest BCUT2D eigenvalue weighted by Crippen LogP contribution is 2.31. The van der Waals surface area contributed by atoms with Crippen molar-refractivity contribution in [2.45, 2.75) is 81.0 Å². The van der Waals surface area contributed by atoms with Gasteiger partial charge in [-0.2, -0.15) is 0 Å². The SMILES string of the molecule is CCCC[C@H](NC(=O)CC(Cc1cccc2ccccc12)Sc1nncs1)C(=O)OC(C)(C)C. The zero-order valence-electron chi connectivity index (χ0n) is 20.2. The molecule has 8 heteroatoms. The third-order valence-electron chi connectivity index (χ3n) is 5.22. The van der Waals surface area contributed by atoms with E-state index >= 15 is 0 Å². The Morgan fingerprint density at radius 1 is 1.15 bits per heavy atom. The number of rotatable bonds is 11. The second kappa shape index (κ2) is 12.3. The quantitative estimate of drug-likeness (QED) is 0.265. The molecule has 1 heterocycles. The molecule has 0 fully saturated rings. The van der Waals surface area contributed by atoms with Gasteiger partial charge in [0, 0.05) is 11.7 Å². The summed E-state index contributed by atoms with van der Waals surface area (Å²) >= 11 is 3.02. The van der Waals surface area contributed by atoms with Crippen LogP contribution in [0.25, 0.3) is 10.8 Å². The number of aromatic nitrogens is 2. The van der Waals surface area contributed by atoms with E-state index in [0.29, 0.717) is 12.8 Å². The van der Waals surface area contributed by atoms with E-state index in [-0.39, 0.29) is 23.5 Å². The number of nitrogens with zero attached hydrogens (tertiary/aromatic N) is 2. The largest absolute Gasteiger partial charge is 0.458 e. The van der Waals surface area contributed by atoms with Gasteiger partial charge in [-0.05, 0) is 49.9 Å². The second-order valence-electron chi connectivity index (χ2n) is 9.29. The van der Waals surface area contributed by atoms with Gasteiger partial charge in [-0.15, -0.1) is 10.2 Å². The molecule has 3 rings (SSSR count). The molecular formula is C26H33N3O3S2. The van der Waals surface area contributed by atoms with E-state index in [9.17, 15) is 9.59 Å². The first-order valence-electron chi connectivity index (χ1n) is 11.7. The number of nitrogens with one attached hydrogen (secondary N) is 1. The van der Waals surface area contributed by atoms with Crippen LogP contribution in [0.1, 0.15) is 58.9 Å². The first-order valence-corrected chi connectivity index (χ1v) is 13.4. The van der Waals surface area contributed by atoms with Crippen LogP contribution in [0.3, 0.4) is 0 Å². The summed E-state index contributed by atoms with van der Waals surface area (Å²) in [6.07, 6.45) is 3.30. The second-order valence-corrected chi connectivity index (χ2v) is 11.7. The minimum absolute atomic E-state index is 0.0517. The Labute approximate surface area is 209 Å². The summed E-state index contributed by atoms with van der Waals surface area (Å²) in [6, 6.07) is 13.9. The average Bonchev–Trinajstić information content (AvgIpc) is 3.28. The predicted molar refractivity (Wildman–Crippen MR) is 139 cm³/mol. The minimum Gasteiger partial charge on any atom is -0.458 e. The molecule has 0 saturated carbocycles. The minimum atomic E-state index is -0.642. The number of fused-ring (bicyclic) bond motifs is 1. The van der Waals surface area contributed by atoms with E-state index in [0.717, 1.165) is 17.2 Å². The monoisotopic (exact) mass is 499 g/mol. The Morgan fingerprint density at radius 3 is 2.62 bits per heavy atom. The number of hydrogen-bond donors (Lipinski definition) is 1. The Kier molecular flexibility index (Phi) is 9.47. The Bertz CT molecular complexity index is 1080. The molecule has 0 radical (unpaired) electrons. The number of ether oxygens (including phenoxy) is 1. The standard InChI is InChI=1S/C26H33N3O3S2/c1-5-6-14-22(24(31)32-26(2,3)4)28-23(30)16-20(34-25-29-27-17-33-25)15-19-12-9-11-18-10-7-8-13-21(18)19/h7-13,17,20,22H,5-6,14-16H2,1-4H3,(H,28,30)/t20?,22-/m0/s1. The molecule has 0 aliphatic rings. The van der Waals surface area contributed by atoms with Crippen LogP contribution in [0.15, 0.2) is 52.3 Å². The number of amides is 1. The van der Waals surface area contributed by atoms with E-state index in [1.807, 2.05) is 39.0 Å². The average molecular weight is 500 g/mol. The highest BCUT2D eigenvalue weighted by atomic mass is 32.2. The van der Waals surface area contributed by atoms with Crippen molar-refractivity contribution < 1.29 is 14.3 Å². The van der Waals surface area contributed by atoms with Gasteiger partial charge in [0.2, 0.25) is 5.91 Å². The maximum absolute atomic E-state index is 13.1. The lowest BCUT2D eigenvalue weighted by molar-refractivity contribution is -0.158. The summed E-state index contributed by atoms with van der Waals surface area (Å²) in [5.41, 5.74) is 2.28. The summed E-state index contributed by atoms with van der Waals surface area (Å²) in [4.78, 5) is 25.8. The van der Waals surface area contributed by atoms with Gasteiger partial charge in [0.1, 0.15) is 17.2 Å². The first kappa shape index (κ1) is 26.2. The van der Waals surface area contributed by atoms with Gasteiger partial charge in [-0.25, -0.2) is 4.79 Å². The maximum atomic E-state index is 13.1. The van der Waals surface area contributed by atoms with Gasteiger partial charge >= 0.3 is 5.97 Å². The summed E-state index contributed by atoms with van der Waals surface area (Å²) in [5, 5.41) is 13.4. The van der Waals surface area contributed by atoms with Crippen molar-refractivity contribution in [2.75, 3.05) is 0 Å². The van der Waals surface area contributed by atoms with Crippen LogP contribution in [0.4, 0.5) is 0 Å². The van der Waals surface area contributed by atoms with Gasteiger partial charge in [-0.1, -0.05) is 85.3 Å². The topological polar surface area (TPSA) is 81.2 Å². The molecular weight excluding hydrogens is 466 g/mol. The highest BCUT2D eigenvalue weighted by molar-refractivity contribution is 8.01. The number of carbonyl (C=O) groups is 2. The predicted octanol–water partition coefficient (Wildman–Crippen LogP) is 5.80. The summed E-state index contributed by atoms with van der Waals surface area (Å²) < 4.78 is 6.38. The number of benzene rings is 2. The van der Waals surface area contributed by atoms with Crippen LogP contribution in [0.2, 0.25) is 0 Å². The third kappa shape index (κ3) is 8.09. The highest BCUT2D eigenvalue weighted by Gasteiger charge is 2.27. The zero-order valence-corrected chi connectivity index (χ0v) is 21.9. The fourth-order valence-corrected chi connectivity index (χ4v) is 5.63. The van der Waals surface area contributed by atoms with Crippen molar-refractivity contribution in [1.29, 1.82) is 0 Å². The fraction of sp³-hybridized carbons (Fsp3) is 0.462. The van der Waals surface area contributed by atoms with Crippen molar-refractivity contribution in [3.05, 3.63) is 53.5 Å². The Hall–Kier alpha value is -2.45. The van der Waals surface area contributed by atoms with Crippen LogP contribution in [-0.4, -0.2) is 39.0 Å². The molecule has 0 saturated heterocycles. The summed E-state index contributed by atoms with van der Waals surface area (Å²) in [5.74, 6) is -0.536. The van der Waals surface area contributed by atoms with Crippen molar-refractivity contribution >= 4 is 45.7 Å². The molecule has 1 amide bonds. The van der Waals surface area contributed by atoms with E-state index < -0.39 is 11.6 Å². The van der Waals surface area contributed by atoms with E-state index in [4.69, 9.17) is 4.74 Å². The molecule has 182 valence electrons. The lowest BCUT2D eigenvalue weighted by Crippen LogP contribution is -2.44. The smallest absolute Gasteiger partial charge is 0.329 e. The van der Waals surface area contributed by atoms with Crippen molar-refractivity contribution in [2.24, 2.45) is 0 Å². The van der Waals surface area contributed by atoms with Crippen LogP contribution in [0, 0.1) is 0 Å². The molecule has 1 N–H and O–H groups in total. The van der Waals surface area contributed by atoms with Crippen molar-refractivity contribution in [3.63, 3.8) is 0 Å². The van der Waals surface area contributed by atoms with Crippen molar-refractivity contribution in [3.8, 4) is 0 Å². The first-order chi connectivity index (χ1) is 16.2. The van der Waals surface area contributed by atoms with Crippen LogP contribution in [0.5, 0.6) is 0 Å². The maximum Gasteiger partial charge on any atom is 0.329 e. The van der Waals surface area contributed by atoms with Crippen LogP contribution >= 0.6 is 23.1 Å². The summed E-state index contributed by atoms with van der Waals surface area (Å²) in [7, 11) is 0. The molecule has 3 aromatic rings.